The SMILES string of the molecule is CCNc1nc(C)c([N+](=O)[O-])c(N(C)CC(F)(F)F)n1. The van der Waals surface area contributed by atoms with Crippen molar-refractivity contribution in [1.29, 1.82) is 0 Å². The van der Waals surface area contributed by atoms with Gasteiger partial charge in [0.05, 0.1) is 4.92 Å². The van der Waals surface area contributed by atoms with E-state index in [0.717, 1.165) is 7.05 Å². The Morgan fingerprint density at radius 2 is 2.00 bits per heavy atom. The van der Waals surface area contributed by atoms with Gasteiger partial charge in [0.25, 0.3) is 0 Å². The molecule has 10 heteroatoms. The number of alkyl halides is 3. The van der Waals surface area contributed by atoms with Crippen molar-refractivity contribution in [2.24, 2.45) is 0 Å². The molecule has 0 aliphatic carbocycles. The lowest BCUT2D eigenvalue weighted by Crippen LogP contribution is -2.32. The maximum absolute atomic E-state index is 12.4. The third-order valence-electron chi connectivity index (χ3n) is 2.34. The molecule has 1 aromatic rings. The minimum Gasteiger partial charge on any atom is -0.354 e. The van der Waals surface area contributed by atoms with Gasteiger partial charge in [-0.2, -0.15) is 18.2 Å². The minimum atomic E-state index is -4.49. The summed E-state index contributed by atoms with van der Waals surface area (Å²) >= 11 is 0. The fourth-order valence-electron chi connectivity index (χ4n) is 1.61. The highest BCUT2D eigenvalue weighted by Gasteiger charge is 2.33. The summed E-state index contributed by atoms with van der Waals surface area (Å²) in [6.07, 6.45) is -4.49. The molecular weight excluding hydrogens is 279 g/mol. The Morgan fingerprint density at radius 1 is 1.40 bits per heavy atom. The Labute approximate surface area is 113 Å². The summed E-state index contributed by atoms with van der Waals surface area (Å²) in [4.78, 5) is 18.5. The summed E-state index contributed by atoms with van der Waals surface area (Å²) in [5.41, 5.74) is -0.525. The highest BCUT2D eigenvalue weighted by atomic mass is 19.4. The molecule has 0 saturated heterocycles. The summed E-state index contributed by atoms with van der Waals surface area (Å²) < 4.78 is 37.2. The Hall–Kier alpha value is -2.13. The summed E-state index contributed by atoms with van der Waals surface area (Å²) in [7, 11) is 1.10. The zero-order valence-corrected chi connectivity index (χ0v) is 11.2. The molecule has 1 rings (SSSR count). The Bertz CT molecular complexity index is 506. The summed E-state index contributed by atoms with van der Waals surface area (Å²) in [6, 6.07) is 0. The zero-order valence-electron chi connectivity index (χ0n) is 11.2. The second-order valence-corrected chi connectivity index (χ2v) is 4.06. The van der Waals surface area contributed by atoms with Crippen LogP contribution in [0, 0.1) is 17.0 Å². The molecule has 1 heterocycles. The van der Waals surface area contributed by atoms with Gasteiger partial charge in [-0.3, -0.25) is 10.1 Å². The Kier molecular flexibility index (Phi) is 4.69. The van der Waals surface area contributed by atoms with Crippen LogP contribution >= 0.6 is 0 Å². The quantitative estimate of drug-likeness (QED) is 0.661. The van der Waals surface area contributed by atoms with Crippen molar-refractivity contribution in [3.63, 3.8) is 0 Å². The number of hydrogen-bond donors (Lipinski definition) is 1. The van der Waals surface area contributed by atoms with Crippen LogP contribution in [0.4, 0.5) is 30.6 Å². The highest BCUT2D eigenvalue weighted by molar-refractivity contribution is 5.62. The standard InChI is InChI=1S/C10H14F3N5O2/c1-4-14-9-15-6(2)7(18(19)20)8(16-9)17(3)5-10(11,12)13/h4-5H2,1-3H3,(H,14,15,16). The van der Waals surface area contributed by atoms with Crippen LogP contribution in [0.25, 0.3) is 0 Å². The third kappa shape index (κ3) is 3.93. The van der Waals surface area contributed by atoms with Crippen LogP contribution in [0.15, 0.2) is 0 Å². The van der Waals surface area contributed by atoms with E-state index in [4.69, 9.17) is 0 Å². The molecule has 112 valence electrons. The van der Waals surface area contributed by atoms with Crippen molar-refractivity contribution in [3.05, 3.63) is 15.8 Å². The number of hydrogen-bond acceptors (Lipinski definition) is 6. The molecule has 0 aromatic carbocycles. The summed E-state index contributed by atoms with van der Waals surface area (Å²) in [5, 5.41) is 13.7. The van der Waals surface area contributed by atoms with E-state index in [1.165, 1.54) is 6.92 Å². The van der Waals surface area contributed by atoms with Gasteiger partial charge in [0, 0.05) is 13.6 Å². The van der Waals surface area contributed by atoms with Gasteiger partial charge in [0.1, 0.15) is 12.2 Å². The lowest BCUT2D eigenvalue weighted by Gasteiger charge is -2.20. The number of nitrogens with zero attached hydrogens (tertiary/aromatic N) is 4. The van der Waals surface area contributed by atoms with Crippen molar-refractivity contribution >= 4 is 17.5 Å². The molecule has 0 bridgehead atoms. The van der Waals surface area contributed by atoms with Gasteiger partial charge in [-0.05, 0) is 13.8 Å². The minimum absolute atomic E-state index is 0.00461. The van der Waals surface area contributed by atoms with Gasteiger partial charge in [0.15, 0.2) is 0 Å². The first-order valence-electron chi connectivity index (χ1n) is 5.70. The summed E-state index contributed by atoms with van der Waals surface area (Å²) in [6.45, 7) is 2.21. The zero-order chi connectivity index (χ0) is 15.5. The predicted molar refractivity (Wildman–Crippen MR) is 66.9 cm³/mol. The van der Waals surface area contributed by atoms with Crippen LogP contribution in [-0.2, 0) is 0 Å². The lowest BCUT2D eigenvalue weighted by molar-refractivity contribution is -0.385. The van der Waals surface area contributed by atoms with Crippen molar-refractivity contribution in [3.8, 4) is 0 Å². The third-order valence-corrected chi connectivity index (χ3v) is 2.34. The van der Waals surface area contributed by atoms with Crippen molar-refractivity contribution in [2.45, 2.75) is 20.0 Å². The fourth-order valence-corrected chi connectivity index (χ4v) is 1.61. The molecular formula is C10H14F3N5O2. The second-order valence-electron chi connectivity index (χ2n) is 4.06. The molecule has 0 aliphatic heterocycles. The van der Waals surface area contributed by atoms with E-state index >= 15 is 0 Å². The van der Waals surface area contributed by atoms with Crippen LogP contribution in [0.5, 0.6) is 0 Å². The molecule has 0 fully saturated rings. The molecule has 1 N–H and O–H groups in total. The topological polar surface area (TPSA) is 84.2 Å². The number of rotatable bonds is 5. The molecule has 0 atom stereocenters. The van der Waals surface area contributed by atoms with Crippen LogP contribution in [0.3, 0.4) is 0 Å². The monoisotopic (exact) mass is 293 g/mol. The van der Waals surface area contributed by atoms with Gasteiger partial charge >= 0.3 is 11.9 Å². The first-order valence-corrected chi connectivity index (χ1v) is 5.70. The first kappa shape index (κ1) is 15.9. The smallest absolute Gasteiger partial charge is 0.354 e. The second kappa shape index (κ2) is 5.88. The fraction of sp³-hybridized carbons (Fsp3) is 0.600. The molecule has 0 radical (unpaired) electrons. The van der Waals surface area contributed by atoms with Gasteiger partial charge in [-0.25, -0.2) is 4.98 Å². The van der Waals surface area contributed by atoms with E-state index in [1.54, 1.807) is 6.92 Å². The average molecular weight is 293 g/mol. The number of anilines is 2. The summed E-state index contributed by atoms with van der Waals surface area (Å²) in [5.74, 6) is -0.310. The van der Waals surface area contributed by atoms with E-state index < -0.39 is 23.3 Å². The number of halogens is 3. The predicted octanol–water partition coefficient (Wildman–Crippen LogP) is 2.12. The van der Waals surface area contributed by atoms with Gasteiger partial charge in [-0.15, -0.1) is 0 Å². The lowest BCUT2D eigenvalue weighted by atomic mass is 10.3. The van der Waals surface area contributed by atoms with Gasteiger partial charge < -0.3 is 10.2 Å². The molecule has 20 heavy (non-hydrogen) atoms. The van der Waals surface area contributed by atoms with E-state index in [9.17, 15) is 23.3 Å². The maximum atomic E-state index is 12.4. The molecule has 0 unspecified atom stereocenters. The molecule has 1 aromatic heterocycles. The van der Waals surface area contributed by atoms with E-state index in [0.29, 0.717) is 11.4 Å². The normalized spacial score (nSPS) is 11.3. The van der Waals surface area contributed by atoms with Gasteiger partial charge in [0.2, 0.25) is 11.8 Å². The van der Waals surface area contributed by atoms with E-state index in [2.05, 4.69) is 15.3 Å². The largest absolute Gasteiger partial charge is 0.405 e. The number of aryl methyl sites for hydroxylation is 1. The molecule has 0 amide bonds. The number of nitro groups is 1. The average Bonchev–Trinajstić information content (AvgIpc) is 2.25. The first-order chi connectivity index (χ1) is 9.15. The van der Waals surface area contributed by atoms with Gasteiger partial charge in [-0.1, -0.05) is 0 Å². The molecule has 0 aliphatic rings. The Balaban J connectivity index is 3.29. The molecule has 0 saturated carbocycles. The number of aromatic nitrogens is 2. The maximum Gasteiger partial charge on any atom is 0.405 e. The van der Waals surface area contributed by atoms with Crippen molar-refractivity contribution in [2.75, 3.05) is 30.4 Å². The Morgan fingerprint density at radius 3 is 2.45 bits per heavy atom. The van der Waals surface area contributed by atoms with Crippen LogP contribution in [0.2, 0.25) is 0 Å². The van der Waals surface area contributed by atoms with Crippen molar-refractivity contribution < 1.29 is 18.1 Å². The van der Waals surface area contributed by atoms with E-state index in [1.807, 2.05) is 0 Å². The molecule has 0 spiro atoms. The van der Waals surface area contributed by atoms with Crippen LogP contribution in [0.1, 0.15) is 12.6 Å². The molecule has 7 nitrogen and oxygen atoms in total. The highest BCUT2D eigenvalue weighted by Crippen LogP contribution is 2.30. The van der Waals surface area contributed by atoms with Crippen molar-refractivity contribution in [1.82, 2.24) is 9.97 Å². The number of nitrogens with one attached hydrogen (secondary N) is 1. The van der Waals surface area contributed by atoms with Crippen LogP contribution < -0.4 is 10.2 Å². The van der Waals surface area contributed by atoms with Crippen LogP contribution in [-0.4, -0.2) is 41.2 Å². The van der Waals surface area contributed by atoms with E-state index in [-0.39, 0.29) is 17.5 Å².